The fraction of sp³-hybridized carbons (Fsp3) is 0.125. The van der Waals surface area contributed by atoms with Gasteiger partial charge < -0.3 is 9.47 Å². The van der Waals surface area contributed by atoms with E-state index in [1.54, 1.807) is 35.2 Å². The molecule has 34 heavy (non-hydrogen) atoms. The quantitative estimate of drug-likeness (QED) is 0.175. The molecule has 3 aromatic carbocycles. The molecule has 174 valence electrons. The van der Waals surface area contributed by atoms with E-state index in [2.05, 4.69) is 26.3 Å². The summed E-state index contributed by atoms with van der Waals surface area (Å²) in [5, 5.41) is 3.92. The highest BCUT2D eigenvalue weighted by Gasteiger charge is 2.11. The Kier molecular flexibility index (Phi) is 7.71. The maximum absolute atomic E-state index is 12.4. The standard InChI is InChI=1S/C24H19F2N3O3S2/c1-31-20-12-16(8-11-19(20)32-23(25)26)13-27-29-22(30)17-9-6-15(7-10-17)14-33-24-28-18-4-2-3-5-21(18)34-24/h2-13,23H,14H2,1H3,(H,29,30). The number of carbonyl (C=O) groups is 1. The number of thioether (sulfide) groups is 1. The van der Waals surface area contributed by atoms with Gasteiger partial charge in [-0.15, -0.1) is 11.3 Å². The van der Waals surface area contributed by atoms with Gasteiger partial charge in [0.15, 0.2) is 15.8 Å². The van der Waals surface area contributed by atoms with Gasteiger partial charge in [0.1, 0.15) is 0 Å². The minimum Gasteiger partial charge on any atom is -0.493 e. The average molecular weight is 500 g/mol. The summed E-state index contributed by atoms with van der Waals surface area (Å²) in [4.78, 5) is 17.0. The molecule has 0 aliphatic carbocycles. The molecule has 1 N–H and O–H groups in total. The lowest BCUT2D eigenvalue weighted by molar-refractivity contribution is -0.0512. The van der Waals surface area contributed by atoms with Crippen LogP contribution in [0.3, 0.4) is 0 Å². The van der Waals surface area contributed by atoms with Crippen LogP contribution < -0.4 is 14.9 Å². The van der Waals surface area contributed by atoms with Crippen LogP contribution in [0.1, 0.15) is 21.5 Å². The number of methoxy groups -OCH3 is 1. The minimum atomic E-state index is -2.95. The molecule has 0 atom stereocenters. The second-order valence-corrected chi connectivity index (χ2v) is 9.17. The molecule has 6 nitrogen and oxygen atoms in total. The number of nitrogens with one attached hydrogen (secondary N) is 1. The van der Waals surface area contributed by atoms with E-state index in [9.17, 15) is 13.6 Å². The van der Waals surface area contributed by atoms with Gasteiger partial charge in [-0.3, -0.25) is 4.79 Å². The van der Waals surface area contributed by atoms with E-state index >= 15 is 0 Å². The molecule has 0 fully saturated rings. The second kappa shape index (κ2) is 11.1. The number of alkyl halides is 2. The van der Waals surface area contributed by atoms with E-state index in [4.69, 9.17) is 4.74 Å². The van der Waals surface area contributed by atoms with Crippen LogP contribution in [-0.4, -0.2) is 30.8 Å². The summed E-state index contributed by atoms with van der Waals surface area (Å²) in [7, 11) is 1.34. The van der Waals surface area contributed by atoms with Crippen molar-refractivity contribution in [2.75, 3.05) is 7.11 Å². The molecule has 0 unspecified atom stereocenters. The minimum absolute atomic E-state index is 0.0833. The lowest BCUT2D eigenvalue weighted by atomic mass is 10.1. The van der Waals surface area contributed by atoms with Gasteiger partial charge in [-0.1, -0.05) is 36.0 Å². The third kappa shape index (κ3) is 6.09. The topological polar surface area (TPSA) is 72.8 Å². The second-order valence-electron chi connectivity index (χ2n) is 6.92. The van der Waals surface area contributed by atoms with E-state index in [0.29, 0.717) is 11.1 Å². The molecule has 0 bridgehead atoms. The van der Waals surface area contributed by atoms with Crippen LogP contribution in [0.15, 0.2) is 76.2 Å². The van der Waals surface area contributed by atoms with E-state index in [1.807, 2.05) is 30.3 Å². The summed E-state index contributed by atoms with van der Waals surface area (Å²) in [6.07, 6.45) is 1.38. The lowest BCUT2D eigenvalue weighted by Crippen LogP contribution is -2.17. The number of benzene rings is 3. The number of para-hydroxylation sites is 1. The predicted molar refractivity (Wildman–Crippen MR) is 130 cm³/mol. The number of carbonyl (C=O) groups excluding carboxylic acids is 1. The average Bonchev–Trinajstić information content (AvgIpc) is 3.26. The Labute approximate surface area is 202 Å². The van der Waals surface area contributed by atoms with Crippen molar-refractivity contribution in [1.29, 1.82) is 0 Å². The third-order valence-corrected chi connectivity index (χ3v) is 6.89. The van der Waals surface area contributed by atoms with Gasteiger partial charge in [0.2, 0.25) is 0 Å². The number of rotatable bonds is 9. The van der Waals surface area contributed by atoms with Crippen LogP contribution in [0.2, 0.25) is 0 Å². The zero-order valence-corrected chi connectivity index (χ0v) is 19.5. The number of hydrazone groups is 1. The number of fused-ring (bicyclic) bond motifs is 1. The zero-order chi connectivity index (χ0) is 23.9. The Morgan fingerprint density at radius 1 is 1.15 bits per heavy atom. The molecule has 1 amide bonds. The van der Waals surface area contributed by atoms with Crippen molar-refractivity contribution in [2.45, 2.75) is 16.7 Å². The Hall–Kier alpha value is -3.50. The largest absolute Gasteiger partial charge is 0.493 e. The Bertz CT molecular complexity index is 1280. The molecule has 0 saturated carbocycles. The Morgan fingerprint density at radius 3 is 2.68 bits per heavy atom. The summed E-state index contributed by atoms with van der Waals surface area (Å²) >= 11 is 3.32. The summed E-state index contributed by atoms with van der Waals surface area (Å²) in [6.45, 7) is -2.95. The Balaban J connectivity index is 1.31. The van der Waals surface area contributed by atoms with Crippen molar-refractivity contribution in [3.8, 4) is 11.5 Å². The van der Waals surface area contributed by atoms with Crippen molar-refractivity contribution in [2.24, 2.45) is 5.10 Å². The van der Waals surface area contributed by atoms with Crippen LogP contribution in [0.25, 0.3) is 10.2 Å². The van der Waals surface area contributed by atoms with Gasteiger partial charge in [-0.2, -0.15) is 13.9 Å². The monoisotopic (exact) mass is 499 g/mol. The zero-order valence-electron chi connectivity index (χ0n) is 17.9. The van der Waals surface area contributed by atoms with Crippen LogP contribution in [0.5, 0.6) is 11.5 Å². The lowest BCUT2D eigenvalue weighted by Gasteiger charge is -2.09. The number of ether oxygens (including phenoxy) is 2. The van der Waals surface area contributed by atoms with Gasteiger partial charge in [0.25, 0.3) is 5.91 Å². The number of thiazole rings is 1. The number of nitrogens with zero attached hydrogens (tertiary/aromatic N) is 2. The normalized spacial score (nSPS) is 11.3. The molecule has 4 aromatic rings. The summed E-state index contributed by atoms with van der Waals surface area (Å²) < 4.78 is 36.4. The SMILES string of the molecule is COc1cc(C=NNC(=O)c2ccc(CSc3nc4ccccc4s3)cc2)ccc1OC(F)F. The number of halogens is 2. The highest BCUT2D eigenvalue weighted by molar-refractivity contribution is 8.00. The van der Waals surface area contributed by atoms with Gasteiger partial charge in [-0.05, 0) is 53.6 Å². The number of hydrogen-bond donors (Lipinski definition) is 1. The third-order valence-electron chi connectivity index (χ3n) is 4.64. The predicted octanol–water partition coefficient (Wildman–Crippen LogP) is 5.96. The van der Waals surface area contributed by atoms with Crippen LogP contribution >= 0.6 is 23.1 Å². The molecular formula is C24H19F2N3O3S2. The molecule has 0 aliphatic rings. The smallest absolute Gasteiger partial charge is 0.387 e. The first kappa shape index (κ1) is 23.7. The maximum atomic E-state index is 12.4. The van der Waals surface area contributed by atoms with Gasteiger partial charge in [0.05, 0.1) is 23.5 Å². The van der Waals surface area contributed by atoms with Crippen molar-refractivity contribution >= 4 is 45.4 Å². The maximum Gasteiger partial charge on any atom is 0.387 e. The summed E-state index contributed by atoms with van der Waals surface area (Å²) in [6, 6.07) is 19.6. The number of amides is 1. The van der Waals surface area contributed by atoms with Crippen LogP contribution in [0.4, 0.5) is 8.78 Å². The first-order chi connectivity index (χ1) is 16.5. The summed E-state index contributed by atoms with van der Waals surface area (Å²) in [5.41, 5.74) is 5.52. The highest BCUT2D eigenvalue weighted by atomic mass is 32.2. The molecule has 0 aliphatic heterocycles. The highest BCUT2D eigenvalue weighted by Crippen LogP contribution is 2.31. The van der Waals surface area contributed by atoms with Crippen LogP contribution in [-0.2, 0) is 5.75 Å². The van der Waals surface area contributed by atoms with Crippen molar-refractivity contribution in [1.82, 2.24) is 10.4 Å². The molecule has 1 heterocycles. The Morgan fingerprint density at radius 2 is 1.94 bits per heavy atom. The fourth-order valence-corrected chi connectivity index (χ4v) is 5.02. The molecule has 0 saturated heterocycles. The van der Waals surface area contributed by atoms with E-state index < -0.39 is 6.61 Å². The van der Waals surface area contributed by atoms with E-state index in [0.717, 1.165) is 25.9 Å². The first-order valence-electron chi connectivity index (χ1n) is 10.1. The van der Waals surface area contributed by atoms with Crippen molar-refractivity contribution in [3.63, 3.8) is 0 Å². The van der Waals surface area contributed by atoms with Gasteiger partial charge in [-0.25, -0.2) is 10.4 Å². The number of aromatic nitrogens is 1. The van der Waals surface area contributed by atoms with E-state index in [1.165, 1.54) is 31.5 Å². The van der Waals surface area contributed by atoms with Crippen LogP contribution in [0, 0.1) is 0 Å². The molecule has 4 rings (SSSR count). The van der Waals surface area contributed by atoms with Crippen molar-refractivity contribution in [3.05, 3.63) is 83.4 Å². The first-order valence-corrected chi connectivity index (χ1v) is 11.9. The molecular weight excluding hydrogens is 480 g/mol. The molecule has 0 radical (unpaired) electrons. The molecule has 1 aromatic heterocycles. The number of hydrogen-bond acceptors (Lipinski definition) is 7. The van der Waals surface area contributed by atoms with Crippen molar-refractivity contribution < 1.29 is 23.0 Å². The molecule has 10 heteroatoms. The van der Waals surface area contributed by atoms with E-state index in [-0.39, 0.29) is 17.4 Å². The van der Waals surface area contributed by atoms with Gasteiger partial charge >= 0.3 is 6.61 Å². The summed E-state index contributed by atoms with van der Waals surface area (Å²) in [5.74, 6) is 0.425. The molecule has 0 spiro atoms. The van der Waals surface area contributed by atoms with Gasteiger partial charge in [0, 0.05) is 11.3 Å². The fourth-order valence-electron chi connectivity index (χ4n) is 3.00.